The Labute approximate surface area is 161 Å². The van der Waals surface area contributed by atoms with Gasteiger partial charge in [0.05, 0.1) is 5.69 Å². The minimum absolute atomic E-state index is 0.0848. The van der Waals surface area contributed by atoms with Crippen molar-refractivity contribution in [2.75, 3.05) is 13.1 Å². The summed E-state index contributed by atoms with van der Waals surface area (Å²) < 4.78 is 8.17. The molecular weight excluding hydrogens is 398 g/mol. The van der Waals surface area contributed by atoms with Gasteiger partial charge in [-0.2, -0.15) is 0 Å². The van der Waals surface area contributed by atoms with Crippen LogP contribution in [0, 0.1) is 0 Å². The van der Waals surface area contributed by atoms with Gasteiger partial charge in [0.1, 0.15) is 5.60 Å². The van der Waals surface area contributed by atoms with Gasteiger partial charge in [0.2, 0.25) is 0 Å². The SMILES string of the molecule is CC(C)(C)OC(=O)N1CCC(n2cc(-c3ccc(Br)cc3)[nH]c2=O)CC1. The number of H-pyrrole nitrogens is 1. The standard InChI is InChI=1S/C19H24BrN3O3/c1-19(2,3)26-18(25)22-10-8-15(9-11-22)23-12-16(21-17(23)24)13-4-6-14(20)7-5-13/h4-7,12,15H,8-11H2,1-3H3,(H,21,24). The number of amides is 1. The lowest BCUT2D eigenvalue weighted by atomic mass is 10.1. The Balaban J connectivity index is 1.67. The van der Waals surface area contributed by atoms with Crippen LogP contribution in [0.25, 0.3) is 11.3 Å². The molecule has 1 N–H and O–H groups in total. The van der Waals surface area contributed by atoms with Gasteiger partial charge in [0.15, 0.2) is 0 Å². The number of nitrogens with zero attached hydrogens (tertiary/aromatic N) is 2. The fraction of sp³-hybridized carbons (Fsp3) is 0.474. The van der Waals surface area contributed by atoms with Gasteiger partial charge in [0.25, 0.3) is 0 Å². The van der Waals surface area contributed by atoms with Crippen molar-refractivity contribution in [1.82, 2.24) is 14.5 Å². The molecule has 1 fully saturated rings. The summed E-state index contributed by atoms with van der Waals surface area (Å²) >= 11 is 3.42. The largest absolute Gasteiger partial charge is 0.444 e. The number of halogens is 1. The molecule has 2 heterocycles. The summed E-state index contributed by atoms with van der Waals surface area (Å²) in [6.45, 7) is 6.76. The second-order valence-corrected chi connectivity index (χ2v) is 8.50. The maximum atomic E-state index is 12.4. The average Bonchev–Trinajstić information content (AvgIpc) is 2.96. The number of piperidine rings is 1. The van der Waals surface area contributed by atoms with Gasteiger partial charge in [0, 0.05) is 29.8 Å². The Morgan fingerprint density at radius 1 is 1.19 bits per heavy atom. The zero-order chi connectivity index (χ0) is 18.9. The van der Waals surface area contributed by atoms with E-state index in [4.69, 9.17) is 4.74 Å². The Bertz CT molecular complexity index is 825. The summed E-state index contributed by atoms with van der Waals surface area (Å²) in [6.07, 6.45) is 3.06. The first-order valence-corrected chi connectivity index (χ1v) is 9.57. The van der Waals surface area contributed by atoms with Gasteiger partial charge in [-0.3, -0.25) is 4.57 Å². The number of nitrogens with one attached hydrogen (secondary N) is 1. The molecule has 0 unspecified atom stereocenters. The number of carbonyl (C=O) groups excluding carboxylic acids is 1. The third-order valence-electron chi connectivity index (χ3n) is 4.41. The summed E-state index contributed by atoms with van der Waals surface area (Å²) in [5.41, 5.74) is 1.16. The molecule has 0 radical (unpaired) electrons. The van der Waals surface area contributed by atoms with E-state index in [0.29, 0.717) is 13.1 Å². The monoisotopic (exact) mass is 421 g/mol. The normalized spacial score (nSPS) is 15.9. The molecule has 0 aliphatic carbocycles. The molecule has 140 valence electrons. The average molecular weight is 422 g/mol. The molecule has 1 saturated heterocycles. The van der Waals surface area contributed by atoms with Crippen molar-refractivity contribution in [3.8, 4) is 11.3 Å². The topological polar surface area (TPSA) is 67.3 Å². The van der Waals surface area contributed by atoms with Crippen LogP contribution in [0.15, 0.2) is 39.7 Å². The molecule has 26 heavy (non-hydrogen) atoms. The van der Waals surface area contributed by atoms with E-state index in [1.165, 1.54) is 0 Å². The lowest BCUT2D eigenvalue weighted by molar-refractivity contribution is 0.0187. The smallest absolute Gasteiger partial charge is 0.410 e. The zero-order valence-corrected chi connectivity index (χ0v) is 16.9. The van der Waals surface area contributed by atoms with E-state index in [1.807, 2.05) is 51.2 Å². The Hall–Kier alpha value is -2.02. The summed E-state index contributed by atoms with van der Waals surface area (Å²) in [5, 5.41) is 0. The molecule has 1 aliphatic rings. The number of aromatic nitrogens is 2. The van der Waals surface area contributed by atoms with E-state index in [-0.39, 0.29) is 17.8 Å². The van der Waals surface area contributed by atoms with Crippen LogP contribution in [0.5, 0.6) is 0 Å². The molecule has 1 aliphatic heterocycles. The van der Waals surface area contributed by atoms with Crippen LogP contribution >= 0.6 is 15.9 Å². The van der Waals surface area contributed by atoms with Gasteiger partial charge < -0.3 is 14.6 Å². The Morgan fingerprint density at radius 2 is 1.81 bits per heavy atom. The van der Waals surface area contributed by atoms with Crippen molar-refractivity contribution < 1.29 is 9.53 Å². The highest BCUT2D eigenvalue weighted by molar-refractivity contribution is 9.10. The van der Waals surface area contributed by atoms with E-state index in [2.05, 4.69) is 20.9 Å². The first-order valence-electron chi connectivity index (χ1n) is 8.78. The second-order valence-electron chi connectivity index (χ2n) is 7.59. The predicted octanol–water partition coefficient (Wildman–Crippen LogP) is 4.18. The zero-order valence-electron chi connectivity index (χ0n) is 15.3. The molecule has 7 heteroatoms. The number of carbonyl (C=O) groups is 1. The van der Waals surface area contributed by atoms with Crippen LogP contribution in [-0.2, 0) is 4.74 Å². The lowest BCUT2D eigenvalue weighted by Crippen LogP contribution is -2.42. The van der Waals surface area contributed by atoms with Crippen molar-refractivity contribution in [2.45, 2.75) is 45.3 Å². The maximum absolute atomic E-state index is 12.4. The molecular formula is C19H24BrN3O3. The van der Waals surface area contributed by atoms with Crippen molar-refractivity contribution in [3.63, 3.8) is 0 Å². The predicted molar refractivity (Wildman–Crippen MR) is 104 cm³/mol. The molecule has 1 aromatic heterocycles. The van der Waals surface area contributed by atoms with E-state index >= 15 is 0 Å². The third kappa shape index (κ3) is 4.38. The number of hydrogen-bond donors (Lipinski definition) is 1. The van der Waals surface area contributed by atoms with Crippen molar-refractivity contribution in [3.05, 3.63) is 45.4 Å². The minimum Gasteiger partial charge on any atom is -0.444 e. The molecule has 2 aromatic rings. The van der Waals surface area contributed by atoms with Crippen molar-refractivity contribution >= 4 is 22.0 Å². The van der Waals surface area contributed by atoms with Crippen molar-refractivity contribution in [2.24, 2.45) is 0 Å². The van der Waals surface area contributed by atoms with E-state index in [9.17, 15) is 9.59 Å². The minimum atomic E-state index is -0.495. The second kappa shape index (κ2) is 7.31. The van der Waals surface area contributed by atoms with Gasteiger partial charge in [-0.1, -0.05) is 28.1 Å². The highest BCUT2D eigenvalue weighted by Crippen LogP contribution is 2.25. The number of ether oxygens (including phenoxy) is 1. The molecule has 0 saturated carbocycles. The highest BCUT2D eigenvalue weighted by Gasteiger charge is 2.28. The van der Waals surface area contributed by atoms with Gasteiger partial charge >= 0.3 is 11.8 Å². The summed E-state index contributed by atoms with van der Waals surface area (Å²) in [4.78, 5) is 29.2. The fourth-order valence-corrected chi connectivity index (χ4v) is 3.37. The number of likely N-dealkylation sites (tertiary alicyclic amines) is 1. The number of hydrogen-bond acceptors (Lipinski definition) is 3. The highest BCUT2D eigenvalue weighted by atomic mass is 79.9. The Morgan fingerprint density at radius 3 is 2.38 bits per heavy atom. The summed E-state index contributed by atoms with van der Waals surface area (Å²) in [7, 11) is 0. The first-order chi connectivity index (χ1) is 12.2. The molecule has 6 nitrogen and oxygen atoms in total. The summed E-state index contributed by atoms with van der Waals surface area (Å²) in [6, 6.07) is 7.91. The van der Waals surface area contributed by atoms with E-state index < -0.39 is 5.60 Å². The Kier molecular flexibility index (Phi) is 5.27. The molecule has 3 rings (SSSR count). The van der Waals surface area contributed by atoms with Gasteiger partial charge in [-0.25, -0.2) is 9.59 Å². The lowest BCUT2D eigenvalue weighted by Gasteiger charge is -2.33. The molecule has 1 amide bonds. The maximum Gasteiger partial charge on any atom is 0.410 e. The first kappa shape index (κ1) is 18.8. The van der Waals surface area contributed by atoms with Crippen LogP contribution in [0.2, 0.25) is 0 Å². The van der Waals surface area contributed by atoms with E-state index in [0.717, 1.165) is 28.6 Å². The van der Waals surface area contributed by atoms with Crippen LogP contribution in [-0.4, -0.2) is 39.2 Å². The molecule has 0 bridgehead atoms. The quantitative estimate of drug-likeness (QED) is 0.790. The van der Waals surface area contributed by atoms with Crippen molar-refractivity contribution in [1.29, 1.82) is 0 Å². The van der Waals surface area contributed by atoms with Crippen LogP contribution in [0.3, 0.4) is 0 Å². The summed E-state index contributed by atoms with van der Waals surface area (Å²) in [5.74, 6) is 0. The number of imidazole rings is 1. The number of aromatic amines is 1. The fourth-order valence-electron chi connectivity index (χ4n) is 3.11. The van der Waals surface area contributed by atoms with Gasteiger partial charge in [-0.05, 0) is 51.3 Å². The third-order valence-corrected chi connectivity index (χ3v) is 4.94. The van der Waals surface area contributed by atoms with Gasteiger partial charge in [-0.15, -0.1) is 0 Å². The van der Waals surface area contributed by atoms with Crippen LogP contribution in [0.4, 0.5) is 4.79 Å². The molecule has 1 aromatic carbocycles. The number of rotatable bonds is 2. The van der Waals surface area contributed by atoms with Crippen LogP contribution in [0.1, 0.15) is 39.7 Å². The molecule has 0 atom stereocenters. The van der Waals surface area contributed by atoms with E-state index in [1.54, 1.807) is 9.47 Å². The molecule has 0 spiro atoms. The number of benzene rings is 1. The van der Waals surface area contributed by atoms with Crippen LogP contribution < -0.4 is 5.69 Å².